The highest BCUT2D eigenvalue weighted by Crippen LogP contribution is 2.42. The fourth-order valence-electron chi connectivity index (χ4n) is 3.93. The zero-order valence-corrected chi connectivity index (χ0v) is 19.3. The lowest BCUT2D eigenvalue weighted by molar-refractivity contribution is -0.132. The maximum absolute atomic E-state index is 13.2. The first kappa shape index (κ1) is 23.0. The number of aliphatic hydroxyl groups excluding tert-OH is 1. The third kappa shape index (κ3) is 4.24. The van der Waals surface area contributed by atoms with Crippen LogP contribution in [0.2, 0.25) is 0 Å². The van der Waals surface area contributed by atoms with Crippen LogP contribution in [0.5, 0.6) is 5.75 Å². The van der Waals surface area contributed by atoms with Gasteiger partial charge in [-0.2, -0.15) is 0 Å². The Kier molecular flexibility index (Phi) is 6.36. The molecule has 34 heavy (non-hydrogen) atoms. The Hall–Kier alpha value is -4.13. The van der Waals surface area contributed by atoms with E-state index in [9.17, 15) is 14.7 Å². The number of carbonyl (C=O) groups excluding carboxylic acids is 2. The molecule has 7 nitrogen and oxygen atoms in total. The van der Waals surface area contributed by atoms with Gasteiger partial charge in [-0.25, -0.2) is 0 Å². The minimum Gasteiger partial charge on any atom is -0.507 e. The average molecular weight is 459 g/mol. The van der Waals surface area contributed by atoms with Crippen molar-refractivity contribution in [2.45, 2.75) is 32.7 Å². The van der Waals surface area contributed by atoms with Crippen molar-refractivity contribution in [2.75, 3.05) is 11.5 Å². The molecule has 1 aliphatic rings. The number of rotatable bonds is 7. The van der Waals surface area contributed by atoms with E-state index in [1.54, 1.807) is 43.3 Å². The first-order valence-electron chi connectivity index (χ1n) is 11.0. The number of hydrogen-bond donors (Lipinski definition) is 1. The lowest BCUT2D eigenvalue weighted by Gasteiger charge is -2.23. The van der Waals surface area contributed by atoms with Gasteiger partial charge in [-0.3, -0.25) is 14.5 Å². The van der Waals surface area contributed by atoms with Gasteiger partial charge < -0.3 is 14.4 Å². The van der Waals surface area contributed by atoms with Gasteiger partial charge in [-0.1, -0.05) is 55.9 Å². The van der Waals surface area contributed by atoms with Crippen molar-refractivity contribution in [3.8, 4) is 5.75 Å². The highest BCUT2D eigenvalue weighted by Gasteiger charge is 2.48. The zero-order valence-electron chi connectivity index (χ0n) is 19.3. The van der Waals surface area contributed by atoms with Gasteiger partial charge in [0.25, 0.3) is 5.78 Å². The van der Waals surface area contributed by atoms with E-state index in [1.165, 1.54) is 4.90 Å². The Bertz CT molecular complexity index is 1250. The summed E-state index contributed by atoms with van der Waals surface area (Å²) in [5.41, 5.74) is 2.18. The molecule has 0 bridgehead atoms. The molecular formula is C27H26N2O5. The second-order valence-corrected chi connectivity index (χ2v) is 8.41. The largest absolute Gasteiger partial charge is 0.507 e. The fourth-order valence-corrected chi connectivity index (χ4v) is 3.93. The van der Waals surface area contributed by atoms with Gasteiger partial charge in [0.1, 0.15) is 23.9 Å². The number of hydrogen-bond acceptors (Lipinski definition) is 6. The predicted molar refractivity (Wildman–Crippen MR) is 129 cm³/mol. The van der Waals surface area contributed by atoms with Crippen LogP contribution in [0.25, 0.3) is 5.76 Å². The van der Waals surface area contributed by atoms with E-state index in [2.05, 4.69) is 25.6 Å². The topological polar surface area (TPSA) is 92.9 Å². The van der Waals surface area contributed by atoms with E-state index in [0.29, 0.717) is 35.2 Å². The van der Waals surface area contributed by atoms with Crippen LogP contribution < -0.4 is 9.64 Å². The summed E-state index contributed by atoms with van der Waals surface area (Å²) < 4.78 is 10.7. The molecule has 4 rings (SSSR count). The second kappa shape index (κ2) is 9.39. The van der Waals surface area contributed by atoms with Crippen LogP contribution in [0.3, 0.4) is 0 Å². The molecule has 1 aliphatic heterocycles. The number of nitrogens with zero attached hydrogens (tertiary/aromatic N) is 2. The van der Waals surface area contributed by atoms with Crippen LogP contribution in [0.15, 0.2) is 77.3 Å². The number of carbonyl (C=O) groups is 2. The average Bonchev–Trinajstić information content (AvgIpc) is 3.38. The minimum absolute atomic E-state index is 0.0114. The van der Waals surface area contributed by atoms with E-state index < -0.39 is 17.7 Å². The monoisotopic (exact) mass is 458 g/mol. The van der Waals surface area contributed by atoms with E-state index in [1.807, 2.05) is 24.3 Å². The van der Waals surface area contributed by atoms with E-state index in [0.717, 1.165) is 5.56 Å². The van der Waals surface area contributed by atoms with Gasteiger partial charge in [-0.05, 0) is 48.2 Å². The van der Waals surface area contributed by atoms with Gasteiger partial charge in [0.2, 0.25) is 0 Å². The Balaban J connectivity index is 1.83. The van der Waals surface area contributed by atoms with E-state index >= 15 is 0 Å². The van der Waals surface area contributed by atoms with Crippen molar-refractivity contribution < 1.29 is 24.0 Å². The van der Waals surface area contributed by atoms with Gasteiger partial charge >= 0.3 is 5.91 Å². The molecule has 1 amide bonds. The van der Waals surface area contributed by atoms with Crippen molar-refractivity contribution in [1.82, 2.24) is 5.16 Å². The van der Waals surface area contributed by atoms with Gasteiger partial charge in [0.05, 0.1) is 11.6 Å². The number of benzene rings is 2. The summed E-state index contributed by atoms with van der Waals surface area (Å²) in [4.78, 5) is 27.6. The molecule has 1 N–H and O–H groups in total. The fraction of sp³-hybridized carbons (Fsp3) is 0.222. The molecule has 3 aromatic rings. The smallest absolute Gasteiger partial charge is 0.301 e. The van der Waals surface area contributed by atoms with Crippen molar-refractivity contribution in [2.24, 2.45) is 0 Å². The molecule has 1 aromatic heterocycles. The Labute approximate surface area is 197 Å². The zero-order chi connectivity index (χ0) is 24.4. The summed E-state index contributed by atoms with van der Waals surface area (Å²) in [6.45, 7) is 9.84. The number of amides is 1. The summed E-state index contributed by atoms with van der Waals surface area (Å²) in [6.07, 6.45) is 1.63. The predicted octanol–water partition coefficient (Wildman–Crippen LogP) is 5.30. The Morgan fingerprint density at radius 2 is 1.85 bits per heavy atom. The van der Waals surface area contributed by atoms with Crippen molar-refractivity contribution in [1.29, 1.82) is 0 Å². The lowest BCUT2D eigenvalue weighted by Crippen LogP contribution is -2.29. The molecule has 0 saturated carbocycles. The molecule has 174 valence electrons. The molecular weight excluding hydrogens is 432 g/mol. The van der Waals surface area contributed by atoms with Crippen LogP contribution in [0.1, 0.15) is 48.3 Å². The van der Waals surface area contributed by atoms with E-state index in [-0.39, 0.29) is 17.2 Å². The molecule has 1 saturated heterocycles. The van der Waals surface area contributed by atoms with Gasteiger partial charge in [-0.15, -0.1) is 0 Å². The summed E-state index contributed by atoms with van der Waals surface area (Å²) in [5.74, 6) is -0.210. The van der Waals surface area contributed by atoms with Crippen molar-refractivity contribution in [3.05, 3.63) is 95.3 Å². The highest BCUT2D eigenvalue weighted by atomic mass is 16.5. The second-order valence-electron chi connectivity index (χ2n) is 8.41. The number of aryl methyl sites for hydroxylation is 1. The molecule has 2 aromatic carbocycles. The first-order chi connectivity index (χ1) is 16.3. The minimum atomic E-state index is -0.859. The number of ether oxygens (including phenoxy) is 1. The number of anilines is 1. The lowest BCUT2D eigenvalue weighted by atomic mass is 9.93. The number of ketones is 1. The maximum Gasteiger partial charge on any atom is 0.301 e. The maximum atomic E-state index is 13.2. The molecule has 2 heterocycles. The SMILES string of the molecule is C=CCOc1ccc(/C(O)=C2\C(=O)C(=O)N(c3cc(C)on3)[C@@H]2c2ccc(C(C)C)cc2)cc1. The quantitative estimate of drug-likeness (QED) is 0.224. The highest BCUT2D eigenvalue weighted by molar-refractivity contribution is 6.51. The van der Waals surface area contributed by atoms with Crippen LogP contribution in [-0.2, 0) is 9.59 Å². The molecule has 7 heteroatoms. The van der Waals surface area contributed by atoms with Crippen LogP contribution in [0.4, 0.5) is 5.82 Å². The van der Waals surface area contributed by atoms with Crippen LogP contribution in [0, 0.1) is 6.92 Å². The summed E-state index contributed by atoms with van der Waals surface area (Å²) >= 11 is 0. The number of Topliss-reactive ketones (excluding diaryl/α,β-unsaturated/α-hetero) is 1. The van der Waals surface area contributed by atoms with Crippen LogP contribution in [-0.4, -0.2) is 28.6 Å². The van der Waals surface area contributed by atoms with Crippen LogP contribution >= 0.6 is 0 Å². The molecule has 0 spiro atoms. The first-order valence-corrected chi connectivity index (χ1v) is 11.0. The normalized spacial score (nSPS) is 17.4. The Morgan fingerprint density at radius 1 is 1.18 bits per heavy atom. The molecule has 1 atom stereocenters. The standard InChI is InChI=1S/C27H26N2O5/c1-5-14-33-21-12-10-20(11-13-21)25(30)23-24(19-8-6-18(7-9-19)16(2)3)29(27(32)26(23)31)22-15-17(4)34-28-22/h5-13,15-16,24,30H,1,14H2,2-4H3/b25-23+/t24-/m1/s1. The molecule has 0 unspecified atom stereocenters. The number of aromatic nitrogens is 1. The summed E-state index contributed by atoms with van der Waals surface area (Å²) in [6, 6.07) is 15.0. The van der Waals surface area contributed by atoms with Crippen molar-refractivity contribution >= 4 is 23.3 Å². The van der Waals surface area contributed by atoms with Gasteiger partial charge in [0.15, 0.2) is 5.82 Å². The Morgan fingerprint density at radius 3 is 2.41 bits per heavy atom. The third-order valence-corrected chi connectivity index (χ3v) is 5.72. The number of aliphatic hydroxyl groups is 1. The van der Waals surface area contributed by atoms with E-state index in [4.69, 9.17) is 9.26 Å². The molecule has 0 radical (unpaired) electrons. The molecule has 1 fully saturated rings. The van der Waals surface area contributed by atoms with Crippen molar-refractivity contribution in [3.63, 3.8) is 0 Å². The summed E-state index contributed by atoms with van der Waals surface area (Å²) in [7, 11) is 0. The molecule has 0 aliphatic carbocycles. The summed E-state index contributed by atoms with van der Waals surface area (Å²) in [5, 5.41) is 15.2. The van der Waals surface area contributed by atoms with Gasteiger partial charge in [0, 0.05) is 11.6 Å². The third-order valence-electron chi connectivity index (χ3n) is 5.72.